The molecule has 0 fully saturated rings. The molecule has 6 nitrogen and oxygen atoms in total. The highest BCUT2D eigenvalue weighted by Crippen LogP contribution is 2.33. The SMILES string of the molecule is Cc1ccc2ncccc2c1Nc1nnc2n1[C@H](c1ccc(F)cc1)COC2. The van der Waals surface area contributed by atoms with Crippen molar-refractivity contribution in [3.8, 4) is 0 Å². The lowest BCUT2D eigenvalue weighted by atomic mass is 10.1. The number of nitrogens with zero attached hydrogens (tertiary/aromatic N) is 4. The van der Waals surface area contributed by atoms with Gasteiger partial charge in [0.1, 0.15) is 12.4 Å². The monoisotopic (exact) mass is 375 g/mol. The molecule has 0 unspecified atom stereocenters. The molecule has 1 aliphatic heterocycles. The van der Waals surface area contributed by atoms with Crippen LogP contribution in [-0.2, 0) is 11.3 Å². The summed E-state index contributed by atoms with van der Waals surface area (Å²) in [7, 11) is 0. The molecule has 4 aromatic rings. The summed E-state index contributed by atoms with van der Waals surface area (Å²) in [5.41, 5.74) is 3.89. The highest BCUT2D eigenvalue weighted by atomic mass is 19.1. The summed E-state index contributed by atoms with van der Waals surface area (Å²) in [6, 6.07) is 14.3. The molecule has 0 amide bonds. The molecule has 0 saturated carbocycles. The molecule has 2 aromatic carbocycles. The van der Waals surface area contributed by atoms with Crippen LogP contribution >= 0.6 is 0 Å². The maximum absolute atomic E-state index is 13.4. The Morgan fingerprint density at radius 2 is 1.96 bits per heavy atom. The van der Waals surface area contributed by atoms with Crippen LogP contribution in [0.5, 0.6) is 0 Å². The Bertz CT molecular complexity index is 1160. The topological polar surface area (TPSA) is 64.9 Å². The van der Waals surface area contributed by atoms with Gasteiger partial charge >= 0.3 is 0 Å². The van der Waals surface area contributed by atoms with Crippen LogP contribution in [0.1, 0.15) is 23.0 Å². The van der Waals surface area contributed by atoms with E-state index in [9.17, 15) is 4.39 Å². The second kappa shape index (κ2) is 6.69. The molecule has 0 bridgehead atoms. The third-order valence-electron chi connectivity index (χ3n) is 5.07. The van der Waals surface area contributed by atoms with E-state index in [1.54, 1.807) is 18.3 Å². The molecule has 28 heavy (non-hydrogen) atoms. The summed E-state index contributed by atoms with van der Waals surface area (Å²) in [6.07, 6.45) is 1.78. The Kier molecular flexibility index (Phi) is 4.02. The predicted octanol–water partition coefficient (Wildman–Crippen LogP) is 4.14. The van der Waals surface area contributed by atoms with Crippen molar-refractivity contribution in [1.29, 1.82) is 0 Å². The van der Waals surface area contributed by atoms with E-state index >= 15 is 0 Å². The highest BCUT2D eigenvalue weighted by molar-refractivity contribution is 5.94. The number of halogens is 1. The molecular weight excluding hydrogens is 357 g/mol. The number of aryl methyl sites for hydroxylation is 1. The fraction of sp³-hybridized carbons (Fsp3) is 0.190. The van der Waals surface area contributed by atoms with Gasteiger partial charge in [-0.3, -0.25) is 9.55 Å². The first-order valence-corrected chi connectivity index (χ1v) is 9.09. The number of nitrogens with one attached hydrogen (secondary N) is 1. The summed E-state index contributed by atoms with van der Waals surface area (Å²) in [5, 5.41) is 13.1. The zero-order valence-electron chi connectivity index (χ0n) is 15.3. The number of anilines is 2. The largest absolute Gasteiger partial charge is 0.371 e. The molecule has 0 radical (unpaired) electrons. The first-order chi connectivity index (χ1) is 13.7. The lowest BCUT2D eigenvalue weighted by Crippen LogP contribution is -2.25. The van der Waals surface area contributed by atoms with Gasteiger partial charge in [0.05, 0.1) is 23.9 Å². The van der Waals surface area contributed by atoms with Crippen LogP contribution in [0, 0.1) is 12.7 Å². The minimum absolute atomic E-state index is 0.129. The number of hydrogen-bond acceptors (Lipinski definition) is 5. The van der Waals surface area contributed by atoms with Crippen molar-refractivity contribution in [2.24, 2.45) is 0 Å². The second-order valence-corrected chi connectivity index (χ2v) is 6.84. The highest BCUT2D eigenvalue weighted by Gasteiger charge is 2.27. The lowest BCUT2D eigenvalue weighted by molar-refractivity contribution is 0.0670. The molecule has 5 rings (SSSR count). The van der Waals surface area contributed by atoms with Crippen LogP contribution in [0.2, 0.25) is 0 Å². The van der Waals surface area contributed by atoms with E-state index in [1.807, 2.05) is 35.8 Å². The fourth-order valence-electron chi connectivity index (χ4n) is 3.64. The Hall–Kier alpha value is -3.32. The molecule has 2 aromatic heterocycles. The smallest absolute Gasteiger partial charge is 0.229 e. The minimum atomic E-state index is -0.262. The van der Waals surface area contributed by atoms with Crippen LogP contribution in [0.4, 0.5) is 16.0 Å². The summed E-state index contributed by atoms with van der Waals surface area (Å²) in [6.45, 7) is 2.91. The zero-order valence-corrected chi connectivity index (χ0v) is 15.3. The first-order valence-electron chi connectivity index (χ1n) is 9.09. The van der Waals surface area contributed by atoms with E-state index in [1.165, 1.54) is 12.1 Å². The average Bonchev–Trinajstić information content (AvgIpc) is 3.14. The van der Waals surface area contributed by atoms with Gasteiger partial charge in [0, 0.05) is 11.6 Å². The van der Waals surface area contributed by atoms with Crippen molar-refractivity contribution < 1.29 is 9.13 Å². The molecule has 0 spiro atoms. The fourth-order valence-corrected chi connectivity index (χ4v) is 3.64. The predicted molar refractivity (Wildman–Crippen MR) is 104 cm³/mol. The standard InChI is InChI=1S/C21H18FN5O/c1-13-4-9-17-16(3-2-10-23-17)20(13)24-21-26-25-19-12-28-11-18(27(19)21)14-5-7-15(22)8-6-14/h2-10,18H,11-12H2,1H3,(H,24,26)/t18-/m0/s1. The van der Waals surface area contributed by atoms with Crippen LogP contribution < -0.4 is 5.32 Å². The van der Waals surface area contributed by atoms with E-state index in [-0.39, 0.29) is 11.9 Å². The summed E-state index contributed by atoms with van der Waals surface area (Å²) < 4.78 is 21.1. The van der Waals surface area contributed by atoms with E-state index in [2.05, 4.69) is 20.5 Å². The third kappa shape index (κ3) is 2.80. The van der Waals surface area contributed by atoms with E-state index in [0.717, 1.165) is 33.5 Å². The minimum Gasteiger partial charge on any atom is -0.371 e. The molecule has 140 valence electrons. The van der Waals surface area contributed by atoms with Crippen LogP contribution in [0.3, 0.4) is 0 Å². The van der Waals surface area contributed by atoms with Crippen molar-refractivity contribution >= 4 is 22.5 Å². The van der Waals surface area contributed by atoms with Crippen LogP contribution in [-0.4, -0.2) is 26.4 Å². The van der Waals surface area contributed by atoms with E-state index < -0.39 is 0 Å². The second-order valence-electron chi connectivity index (χ2n) is 6.84. The molecule has 3 heterocycles. The normalized spacial score (nSPS) is 16.1. The Morgan fingerprint density at radius 3 is 2.82 bits per heavy atom. The van der Waals surface area contributed by atoms with Gasteiger partial charge in [0.2, 0.25) is 5.95 Å². The summed E-state index contributed by atoms with van der Waals surface area (Å²) in [5.74, 6) is 1.10. The van der Waals surface area contributed by atoms with Crippen molar-refractivity contribution in [3.05, 3.63) is 77.5 Å². The number of ether oxygens (including phenoxy) is 1. The number of pyridine rings is 1. The van der Waals surface area contributed by atoms with Crippen LogP contribution in [0.25, 0.3) is 10.9 Å². The Morgan fingerprint density at radius 1 is 1.11 bits per heavy atom. The van der Waals surface area contributed by atoms with Gasteiger partial charge < -0.3 is 10.1 Å². The number of aromatic nitrogens is 4. The van der Waals surface area contributed by atoms with Gasteiger partial charge in [-0.25, -0.2) is 4.39 Å². The molecule has 0 aliphatic carbocycles. The summed E-state index contributed by atoms with van der Waals surface area (Å²) in [4.78, 5) is 4.43. The van der Waals surface area contributed by atoms with Gasteiger partial charge in [-0.2, -0.15) is 0 Å². The van der Waals surface area contributed by atoms with E-state index in [4.69, 9.17) is 4.74 Å². The number of fused-ring (bicyclic) bond motifs is 2. The molecular formula is C21H18FN5O. The Labute approximate surface area is 161 Å². The lowest BCUT2D eigenvalue weighted by Gasteiger charge is -2.27. The summed E-state index contributed by atoms with van der Waals surface area (Å²) >= 11 is 0. The molecule has 1 N–H and O–H groups in total. The molecule has 1 aliphatic rings. The molecule has 7 heteroatoms. The average molecular weight is 375 g/mol. The van der Waals surface area contributed by atoms with Crippen molar-refractivity contribution in [3.63, 3.8) is 0 Å². The van der Waals surface area contributed by atoms with E-state index in [0.29, 0.717) is 19.2 Å². The maximum atomic E-state index is 13.4. The zero-order chi connectivity index (χ0) is 19.1. The number of hydrogen-bond donors (Lipinski definition) is 1. The first kappa shape index (κ1) is 16.8. The van der Waals surface area contributed by atoms with Gasteiger partial charge in [-0.15, -0.1) is 10.2 Å². The van der Waals surface area contributed by atoms with Gasteiger partial charge in [0.25, 0.3) is 0 Å². The Balaban J connectivity index is 1.60. The third-order valence-corrected chi connectivity index (χ3v) is 5.07. The molecule has 1 atom stereocenters. The van der Waals surface area contributed by atoms with Gasteiger partial charge in [-0.05, 0) is 48.4 Å². The maximum Gasteiger partial charge on any atom is 0.229 e. The van der Waals surface area contributed by atoms with Crippen molar-refractivity contribution in [2.45, 2.75) is 19.6 Å². The molecule has 0 saturated heterocycles. The quantitative estimate of drug-likeness (QED) is 0.583. The van der Waals surface area contributed by atoms with Gasteiger partial charge in [0.15, 0.2) is 5.82 Å². The van der Waals surface area contributed by atoms with Crippen molar-refractivity contribution in [2.75, 3.05) is 11.9 Å². The number of rotatable bonds is 3. The van der Waals surface area contributed by atoms with Gasteiger partial charge in [-0.1, -0.05) is 18.2 Å². The van der Waals surface area contributed by atoms with Crippen LogP contribution in [0.15, 0.2) is 54.7 Å². The number of benzene rings is 2. The van der Waals surface area contributed by atoms with Crippen molar-refractivity contribution in [1.82, 2.24) is 19.7 Å².